The van der Waals surface area contributed by atoms with Gasteiger partial charge in [0.2, 0.25) is 0 Å². The maximum Gasteiger partial charge on any atom is 0.0659 e. The molecular weight excluding hydrogens is 162 g/mol. The van der Waals surface area contributed by atoms with Gasteiger partial charge in [-0.2, -0.15) is 5.10 Å². The number of nitrogens with one attached hydrogen (secondary N) is 1. The highest BCUT2D eigenvalue weighted by molar-refractivity contribution is 5.30. The molecule has 0 radical (unpaired) electrons. The van der Waals surface area contributed by atoms with E-state index in [1.54, 1.807) is 0 Å². The molecule has 0 fully saturated rings. The number of nitrogens with zero attached hydrogens (tertiary/aromatic N) is 1. The molecule has 0 saturated carbocycles. The van der Waals surface area contributed by atoms with Crippen molar-refractivity contribution in [3.63, 3.8) is 0 Å². The van der Waals surface area contributed by atoms with E-state index in [9.17, 15) is 0 Å². The molecule has 13 heavy (non-hydrogen) atoms. The van der Waals surface area contributed by atoms with Crippen LogP contribution < -0.4 is 5.73 Å². The van der Waals surface area contributed by atoms with Gasteiger partial charge in [0.05, 0.1) is 5.69 Å². The van der Waals surface area contributed by atoms with Gasteiger partial charge in [-0.3, -0.25) is 5.10 Å². The zero-order valence-corrected chi connectivity index (χ0v) is 8.14. The van der Waals surface area contributed by atoms with Crippen LogP contribution >= 0.6 is 0 Å². The van der Waals surface area contributed by atoms with Gasteiger partial charge < -0.3 is 5.73 Å². The Morgan fingerprint density at radius 2 is 2.46 bits per heavy atom. The summed E-state index contributed by atoms with van der Waals surface area (Å²) in [4.78, 5) is 0. The molecule has 1 aliphatic rings. The van der Waals surface area contributed by atoms with Gasteiger partial charge in [-0.25, -0.2) is 0 Å². The van der Waals surface area contributed by atoms with Gasteiger partial charge >= 0.3 is 0 Å². The Kier molecular flexibility index (Phi) is 2.36. The number of fused-ring (bicyclic) bond motifs is 1. The first-order valence-electron chi connectivity index (χ1n) is 5.06. The zero-order valence-electron chi connectivity index (χ0n) is 8.14. The Labute approximate surface area is 78.7 Å². The number of nitrogens with two attached hydrogens (primary N) is 1. The third-order valence-corrected chi connectivity index (χ3v) is 2.96. The number of aryl methyl sites for hydroxylation is 2. The lowest BCUT2D eigenvalue weighted by atomic mass is 9.83. The second-order valence-electron chi connectivity index (χ2n) is 3.88. The molecule has 1 aliphatic carbocycles. The average Bonchev–Trinajstić information content (AvgIpc) is 2.50. The standard InChI is InChI=1S/C10H17N3/c1-7-10-8(5-6-11)3-2-4-9(10)13-12-7/h8H,2-6,11H2,1H3,(H,12,13). The van der Waals surface area contributed by atoms with Crippen LogP contribution in [0.4, 0.5) is 0 Å². The SMILES string of the molecule is Cc1[nH]nc2c1C(CCN)CCC2. The summed E-state index contributed by atoms with van der Waals surface area (Å²) in [7, 11) is 0. The van der Waals surface area contributed by atoms with Gasteiger partial charge in [0.1, 0.15) is 0 Å². The molecule has 3 nitrogen and oxygen atoms in total. The Bertz CT molecular complexity index is 290. The van der Waals surface area contributed by atoms with E-state index in [0.717, 1.165) is 19.4 Å². The first-order chi connectivity index (χ1) is 6.33. The molecule has 1 atom stereocenters. The van der Waals surface area contributed by atoms with E-state index >= 15 is 0 Å². The van der Waals surface area contributed by atoms with Gasteiger partial charge in [-0.1, -0.05) is 0 Å². The Balaban J connectivity index is 2.29. The van der Waals surface area contributed by atoms with Gasteiger partial charge in [0.15, 0.2) is 0 Å². The van der Waals surface area contributed by atoms with Crippen molar-refractivity contribution in [2.45, 2.75) is 38.5 Å². The first-order valence-corrected chi connectivity index (χ1v) is 5.06. The van der Waals surface area contributed by atoms with Crippen molar-refractivity contribution in [3.8, 4) is 0 Å². The van der Waals surface area contributed by atoms with Crippen LogP contribution in [0.3, 0.4) is 0 Å². The molecule has 2 rings (SSSR count). The number of hydrogen-bond acceptors (Lipinski definition) is 2. The summed E-state index contributed by atoms with van der Waals surface area (Å²) >= 11 is 0. The highest BCUT2D eigenvalue weighted by Gasteiger charge is 2.23. The second kappa shape index (κ2) is 3.50. The van der Waals surface area contributed by atoms with Crippen LogP contribution in [-0.2, 0) is 6.42 Å². The Morgan fingerprint density at radius 3 is 3.23 bits per heavy atom. The summed E-state index contributed by atoms with van der Waals surface area (Å²) < 4.78 is 0. The fourth-order valence-corrected chi connectivity index (χ4v) is 2.37. The van der Waals surface area contributed by atoms with Gasteiger partial charge in [-0.15, -0.1) is 0 Å². The van der Waals surface area contributed by atoms with Crippen LogP contribution in [0.2, 0.25) is 0 Å². The molecule has 72 valence electrons. The van der Waals surface area contributed by atoms with Crippen molar-refractivity contribution in [1.29, 1.82) is 0 Å². The van der Waals surface area contributed by atoms with E-state index in [1.165, 1.54) is 29.8 Å². The van der Waals surface area contributed by atoms with E-state index in [1.807, 2.05) is 0 Å². The summed E-state index contributed by atoms with van der Waals surface area (Å²) in [6.07, 6.45) is 4.79. The summed E-state index contributed by atoms with van der Waals surface area (Å²) in [5.41, 5.74) is 9.58. The van der Waals surface area contributed by atoms with Gasteiger partial charge in [0.25, 0.3) is 0 Å². The van der Waals surface area contributed by atoms with E-state index in [2.05, 4.69) is 17.1 Å². The highest BCUT2D eigenvalue weighted by atomic mass is 15.1. The second-order valence-corrected chi connectivity index (χ2v) is 3.88. The molecule has 3 heteroatoms. The van der Waals surface area contributed by atoms with Crippen molar-refractivity contribution in [2.24, 2.45) is 5.73 Å². The normalized spacial score (nSPS) is 21.5. The fraction of sp³-hybridized carbons (Fsp3) is 0.700. The molecule has 1 aromatic rings. The topological polar surface area (TPSA) is 54.7 Å². The molecule has 0 bridgehead atoms. The lowest BCUT2D eigenvalue weighted by Gasteiger charge is -2.21. The van der Waals surface area contributed by atoms with E-state index < -0.39 is 0 Å². The van der Waals surface area contributed by atoms with Crippen LogP contribution in [0.25, 0.3) is 0 Å². The van der Waals surface area contributed by atoms with Crippen LogP contribution in [0.15, 0.2) is 0 Å². The van der Waals surface area contributed by atoms with Crippen LogP contribution in [-0.4, -0.2) is 16.7 Å². The minimum atomic E-state index is 0.660. The molecule has 1 heterocycles. The van der Waals surface area contributed by atoms with Crippen LogP contribution in [0.1, 0.15) is 42.1 Å². The summed E-state index contributed by atoms with van der Waals surface area (Å²) in [6, 6.07) is 0. The Hall–Kier alpha value is -0.830. The average molecular weight is 179 g/mol. The summed E-state index contributed by atoms with van der Waals surface area (Å²) in [6.45, 7) is 2.90. The van der Waals surface area contributed by atoms with E-state index in [0.29, 0.717) is 5.92 Å². The minimum Gasteiger partial charge on any atom is -0.330 e. The lowest BCUT2D eigenvalue weighted by molar-refractivity contribution is 0.521. The van der Waals surface area contributed by atoms with E-state index in [4.69, 9.17) is 5.73 Å². The highest BCUT2D eigenvalue weighted by Crippen LogP contribution is 2.34. The smallest absolute Gasteiger partial charge is 0.0659 e. The third kappa shape index (κ3) is 1.48. The molecule has 0 spiro atoms. The van der Waals surface area contributed by atoms with Crippen LogP contribution in [0, 0.1) is 6.92 Å². The van der Waals surface area contributed by atoms with E-state index in [-0.39, 0.29) is 0 Å². The first kappa shape index (κ1) is 8.75. The van der Waals surface area contributed by atoms with Crippen molar-refractivity contribution in [2.75, 3.05) is 6.54 Å². The maximum atomic E-state index is 5.60. The predicted octanol–water partition coefficient (Wildman–Crippen LogP) is 1.49. The van der Waals surface area contributed by atoms with Crippen molar-refractivity contribution in [1.82, 2.24) is 10.2 Å². The molecule has 0 amide bonds. The maximum absolute atomic E-state index is 5.60. The molecule has 0 aliphatic heterocycles. The van der Waals surface area contributed by atoms with Crippen molar-refractivity contribution >= 4 is 0 Å². The van der Waals surface area contributed by atoms with Gasteiger partial charge in [-0.05, 0) is 50.6 Å². The molecule has 1 aromatic heterocycles. The number of rotatable bonds is 2. The lowest BCUT2D eigenvalue weighted by Crippen LogP contribution is -2.13. The molecule has 3 N–H and O–H groups in total. The van der Waals surface area contributed by atoms with Gasteiger partial charge in [0, 0.05) is 5.69 Å². The largest absolute Gasteiger partial charge is 0.330 e. The monoisotopic (exact) mass is 179 g/mol. The third-order valence-electron chi connectivity index (χ3n) is 2.96. The number of aromatic nitrogens is 2. The summed E-state index contributed by atoms with van der Waals surface area (Å²) in [5, 5.41) is 7.40. The molecular formula is C10H17N3. The Morgan fingerprint density at radius 1 is 1.62 bits per heavy atom. The zero-order chi connectivity index (χ0) is 9.26. The number of hydrogen-bond donors (Lipinski definition) is 2. The van der Waals surface area contributed by atoms with Crippen molar-refractivity contribution in [3.05, 3.63) is 17.0 Å². The fourth-order valence-electron chi connectivity index (χ4n) is 2.37. The van der Waals surface area contributed by atoms with Crippen LogP contribution in [0.5, 0.6) is 0 Å². The summed E-state index contributed by atoms with van der Waals surface area (Å²) in [5.74, 6) is 0.660. The predicted molar refractivity (Wildman–Crippen MR) is 52.7 cm³/mol. The molecule has 0 aromatic carbocycles. The molecule has 0 saturated heterocycles. The number of H-pyrrole nitrogens is 1. The van der Waals surface area contributed by atoms with Crippen molar-refractivity contribution < 1.29 is 0 Å². The quantitative estimate of drug-likeness (QED) is 0.722. The number of aromatic amines is 1. The molecule has 1 unspecified atom stereocenters. The minimum absolute atomic E-state index is 0.660.